The van der Waals surface area contributed by atoms with Gasteiger partial charge in [-0.3, -0.25) is 0 Å². The molecule has 1 aromatic rings. The van der Waals surface area contributed by atoms with Crippen LogP contribution in [0.2, 0.25) is 5.02 Å². The van der Waals surface area contributed by atoms with Gasteiger partial charge < -0.3 is 5.01 Å². The summed E-state index contributed by atoms with van der Waals surface area (Å²) < 4.78 is 0. The summed E-state index contributed by atoms with van der Waals surface area (Å²) in [6.45, 7) is 0. The minimum absolute atomic E-state index is 0.704. The van der Waals surface area contributed by atoms with E-state index in [1.165, 1.54) is 5.01 Å². The first kappa shape index (κ1) is 7.38. The number of nitrogens with two attached hydrogens (primary N) is 1. The number of hydrogen-bond acceptors (Lipinski definition) is 2. The Bertz CT molecular complexity index is 223. The average molecular weight is 157 g/mol. The SMILES string of the molecule is CN(N)c1cccc(Cl)c1. The van der Waals surface area contributed by atoms with Gasteiger partial charge in [0.2, 0.25) is 0 Å². The standard InChI is InChI=1S/C7H9ClN2/c1-10(9)7-4-2-3-6(8)5-7/h2-5H,9H2,1H3. The van der Waals surface area contributed by atoms with Crippen LogP contribution in [0, 0.1) is 0 Å². The molecule has 0 heterocycles. The fourth-order valence-corrected chi connectivity index (χ4v) is 0.880. The van der Waals surface area contributed by atoms with Crippen LogP contribution >= 0.6 is 11.6 Å². The van der Waals surface area contributed by atoms with E-state index in [0.29, 0.717) is 5.02 Å². The first-order chi connectivity index (χ1) is 4.70. The highest BCUT2D eigenvalue weighted by atomic mass is 35.5. The van der Waals surface area contributed by atoms with Gasteiger partial charge in [-0.25, -0.2) is 5.84 Å². The summed E-state index contributed by atoms with van der Waals surface area (Å²) in [5.74, 6) is 5.46. The Hall–Kier alpha value is -0.730. The molecule has 0 aliphatic heterocycles. The fraction of sp³-hybridized carbons (Fsp3) is 0.143. The molecule has 3 heteroatoms. The van der Waals surface area contributed by atoms with E-state index < -0.39 is 0 Å². The smallest absolute Gasteiger partial charge is 0.0528 e. The van der Waals surface area contributed by atoms with Crippen LogP contribution in [0.4, 0.5) is 5.69 Å². The van der Waals surface area contributed by atoms with Crippen LogP contribution < -0.4 is 10.9 Å². The van der Waals surface area contributed by atoms with Gasteiger partial charge in [0, 0.05) is 12.1 Å². The van der Waals surface area contributed by atoms with Crippen molar-refractivity contribution in [2.75, 3.05) is 12.1 Å². The van der Waals surface area contributed by atoms with Gasteiger partial charge in [-0.15, -0.1) is 0 Å². The third-order valence-corrected chi connectivity index (χ3v) is 1.45. The molecule has 1 aromatic carbocycles. The van der Waals surface area contributed by atoms with Gasteiger partial charge in [-0.1, -0.05) is 17.7 Å². The predicted molar refractivity (Wildman–Crippen MR) is 44.0 cm³/mol. The summed E-state index contributed by atoms with van der Waals surface area (Å²) in [6, 6.07) is 7.38. The largest absolute Gasteiger partial charge is 0.314 e. The molecule has 10 heavy (non-hydrogen) atoms. The monoisotopic (exact) mass is 156 g/mol. The molecule has 0 bridgehead atoms. The molecule has 0 aliphatic rings. The number of hydrogen-bond donors (Lipinski definition) is 1. The molecule has 0 amide bonds. The molecule has 0 spiro atoms. The Morgan fingerprint density at radius 1 is 1.50 bits per heavy atom. The lowest BCUT2D eigenvalue weighted by atomic mass is 10.3. The summed E-state index contributed by atoms with van der Waals surface area (Å²) >= 11 is 5.71. The number of nitrogens with zero attached hydrogens (tertiary/aromatic N) is 1. The molecular formula is C7H9ClN2. The van der Waals surface area contributed by atoms with Crippen molar-refractivity contribution in [3.63, 3.8) is 0 Å². The molecule has 2 nitrogen and oxygen atoms in total. The number of benzene rings is 1. The van der Waals surface area contributed by atoms with Crippen LogP contribution in [-0.2, 0) is 0 Å². The van der Waals surface area contributed by atoms with E-state index in [9.17, 15) is 0 Å². The normalized spacial score (nSPS) is 9.50. The van der Waals surface area contributed by atoms with Crippen LogP contribution in [0.3, 0.4) is 0 Å². The molecule has 0 saturated heterocycles. The lowest BCUT2D eigenvalue weighted by molar-refractivity contribution is 1.02. The molecular weight excluding hydrogens is 148 g/mol. The van der Waals surface area contributed by atoms with Crippen molar-refractivity contribution in [3.8, 4) is 0 Å². The molecule has 0 aliphatic carbocycles. The average Bonchev–Trinajstić information content (AvgIpc) is 1.88. The van der Waals surface area contributed by atoms with Crippen LogP contribution in [0.1, 0.15) is 0 Å². The van der Waals surface area contributed by atoms with Crippen molar-refractivity contribution in [1.82, 2.24) is 0 Å². The Morgan fingerprint density at radius 3 is 2.60 bits per heavy atom. The molecule has 0 aromatic heterocycles. The van der Waals surface area contributed by atoms with E-state index >= 15 is 0 Å². The molecule has 0 radical (unpaired) electrons. The minimum atomic E-state index is 0.704. The van der Waals surface area contributed by atoms with Crippen molar-refractivity contribution >= 4 is 17.3 Å². The van der Waals surface area contributed by atoms with Crippen LogP contribution in [0.5, 0.6) is 0 Å². The maximum atomic E-state index is 5.71. The van der Waals surface area contributed by atoms with Gasteiger partial charge >= 0.3 is 0 Å². The molecule has 0 saturated carbocycles. The van der Waals surface area contributed by atoms with Crippen LogP contribution in [0.15, 0.2) is 24.3 Å². The third-order valence-electron chi connectivity index (χ3n) is 1.22. The Kier molecular flexibility index (Phi) is 2.14. The molecule has 54 valence electrons. The topological polar surface area (TPSA) is 29.3 Å². The zero-order valence-corrected chi connectivity index (χ0v) is 6.47. The van der Waals surface area contributed by atoms with Crippen molar-refractivity contribution < 1.29 is 0 Å². The summed E-state index contributed by atoms with van der Waals surface area (Å²) in [4.78, 5) is 0. The zero-order valence-electron chi connectivity index (χ0n) is 5.71. The minimum Gasteiger partial charge on any atom is -0.314 e. The quantitative estimate of drug-likeness (QED) is 0.495. The molecule has 1 rings (SSSR count). The number of anilines is 1. The van der Waals surface area contributed by atoms with Crippen LogP contribution in [-0.4, -0.2) is 7.05 Å². The lowest BCUT2D eigenvalue weighted by Crippen LogP contribution is -2.24. The third kappa shape index (κ3) is 1.62. The lowest BCUT2D eigenvalue weighted by Gasteiger charge is -2.10. The second kappa shape index (κ2) is 2.90. The van der Waals surface area contributed by atoms with Crippen molar-refractivity contribution in [3.05, 3.63) is 29.3 Å². The van der Waals surface area contributed by atoms with Crippen molar-refractivity contribution in [2.45, 2.75) is 0 Å². The summed E-state index contributed by atoms with van der Waals surface area (Å²) in [7, 11) is 1.77. The van der Waals surface area contributed by atoms with E-state index in [-0.39, 0.29) is 0 Å². The Labute approximate surface area is 65.2 Å². The van der Waals surface area contributed by atoms with Gasteiger partial charge in [-0.2, -0.15) is 0 Å². The van der Waals surface area contributed by atoms with Gasteiger partial charge in [-0.05, 0) is 18.2 Å². The summed E-state index contributed by atoms with van der Waals surface area (Å²) in [6.07, 6.45) is 0. The molecule has 0 unspecified atom stereocenters. The molecule has 0 atom stereocenters. The predicted octanol–water partition coefficient (Wildman–Crippen LogP) is 1.65. The highest BCUT2D eigenvalue weighted by molar-refractivity contribution is 6.30. The maximum absolute atomic E-state index is 5.71. The molecule has 2 N–H and O–H groups in total. The van der Waals surface area contributed by atoms with E-state index in [4.69, 9.17) is 17.4 Å². The first-order valence-electron chi connectivity index (χ1n) is 2.94. The van der Waals surface area contributed by atoms with E-state index in [1.807, 2.05) is 24.3 Å². The second-order valence-corrected chi connectivity index (χ2v) is 2.53. The zero-order chi connectivity index (χ0) is 7.56. The molecule has 0 fully saturated rings. The van der Waals surface area contributed by atoms with Crippen molar-refractivity contribution in [2.24, 2.45) is 5.84 Å². The summed E-state index contributed by atoms with van der Waals surface area (Å²) in [5, 5.41) is 2.22. The number of hydrazine groups is 1. The number of rotatable bonds is 1. The highest BCUT2D eigenvalue weighted by Crippen LogP contribution is 2.15. The van der Waals surface area contributed by atoms with Gasteiger partial charge in [0.05, 0.1) is 5.69 Å². The van der Waals surface area contributed by atoms with E-state index in [2.05, 4.69) is 0 Å². The van der Waals surface area contributed by atoms with Crippen LogP contribution in [0.25, 0.3) is 0 Å². The Balaban J connectivity index is 2.96. The van der Waals surface area contributed by atoms with Crippen molar-refractivity contribution in [1.29, 1.82) is 0 Å². The summed E-state index contributed by atoms with van der Waals surface area (Å²) in [5.41, 5.74) is 0.910. The van der Waals surface area contributed by atoms with Gasteiger partial charge in [0.1, 0.15) is 0 Å². The maximum Gasteiger partial charge on any atom is 0.0528 e. The fourth-order valence-electron chi connectivity index (χ4n) is 0.696. The van der Waals surface area contributed by atoms with Gasteiger partial charge in [0.15, 0.2) is 0 Å². The van der Waals surface area contributed by atoms with E-state index in [0.717, 1.165) is 5.69 Å². The Morgan fingerprint density at radius 2 is 2.20 bits per heavy atom. The number of halogens is 1. The van der Waals surface area contributed by atoms with E-state index in [1.54, 1.807) is 7.05 Å². The van der Waals surface area contributed by atoms with Gasteiger partial charge in [0.25, 0.3) is 0 Å². The first-order valence-corrected chi connectivity index (χ1v) is 3.32. The second-order valence-electron chi connectivity index (χ2n) is 2.09. The highest BCUT2D eigenvalue weighted by Gasteiger charge is 1.93.